The highest BCUT2D eigenvalue weighted by Gasteiger charge is 2.04. The van der Waals surface area contributed by atoms with E-state index in [4.69, 9.17) is 0 Å². The molecule has 0 aliphatic heterocycles. The Kier molecular flexibility index (Phi) is 6.33. The molecule has 5 nitrogen and oxygen atoms in total. The average molecular weight is 319 g/mol. The number of aromatic nitrogens is 1. The van der Waals surface area contributed by atoms with Crippen LogP contribution in [-0.2, 0) is 16.0 Å². The Bertz CT molecular complexity index is 606. The van der Waals surface area contributed by atoms with Crippen molar-refractivity contribution in [2.45, 2.75) is 32.6 Å². The predicted molar refractivity (Wildman–Crippen MR) is 88.9 cm³/mol. The monoisotopic (exact) mass is 319 g/mol. The van der Waals surface area contributed by atoms with Gasteiger partial charge in [-0.25, -0.2) is 4.98 Å². The zero-order valence-electron chi connectivity index (χ0n) is 12.7. The number of thiazole rings is 1. The zero-order valence-corrected chi connectivity index (χ0v) is 13.5. The van der Waals surface area contributed by atoms with Crippen molar-refractivity contribution in [1.29, 1.82) is 0 Å². The van der Waals surface area contributed by atoms with Gasteiger partial charge in [0, 0.05) is 32.9 Å². The first-order chi connectivity index (χ1) is 10.6. The maximum atomic E-state index is 11.6. The molecule has 0 unspecified atom stereocenters. The first-order valence-electron chi connectivity index (χ1n) is 7.51. The molecule has 2 rings (SSSR count). The first-order valence-corrected chi connectivity index (χ1v) is 8.32. The largest absolute Gasteiger partial charge is 0.356 e. The summed E-state index contributed by atoms with van der Waals surface area (Å²) in [6.45, 7) is 2.69. The molecule has 2 amide bonds. The summed E-state index contributed by atoms with van der Waals surface area (Å²) in [5, 5.41) is 6.69. The maximum absolute atomic E-state index is 11.6. The summed E-state index contributed by atoms with van der Waals surface area (Å²) < 4.78 is 1.21. The summed E-state index contributed by atoms with van der Waals surface area (Å²) in [5.41, 5.74) is 1.05. The third kappa shape index (κ3) is 5.44. The molecule has 0 spiro atoms. The average Bonchev–Trinajstić information content (AvgIpc) is 2.90. The van der Waals surface area contributed by atoms with Crippen LogP contribution < -0.4 is 10.6 Å². The zero-order chi connectivity index (χ0) is 15.8. The fourth-order valence-corrected chi connectivity index (χ4v) is 3.11. The lowest BCUT2D eigenvalue weighted by Gasteiger charge is -2.04. The third-order valence-corrected chi connectivity index (χ3v) is 4.28. The van der Waals surface area contributed by atoms with Crippen LogP contribution in [0.15, 0.2) is 24.3 Å². The van der Waals surface area contributed by atoms with Crippen LogP contribution in [0.1, 0.15) is 31.2 Å². The Hall–Kier alpha value is -1.95. The Balaban J connectivity index is 1.60. The smallest absolute Gasteiger partial charge is 0.220 e. The second-order valence-electron chi connectivity index (χ2n) is 5.12. The minimum atomic E-state index is -0.0590. The van der Waals surface area contributed by atoms with Crippen LogP contribution in [0, 0.1) is 0 Å². The van der Waals surface area contributed by atoms with Crippen LogP contribution in [0.2, 0.25) is 0 Å². The molecule has 0 radical (unpaired) electrons. The van der Waals surface area contributed by atoms with Gasteiger partial charge in [0.05, 0.1) is 15.2 Å². The van der Waals surface area contributed by atoms with Gasteiger partial charge in [0.1, 0.15) is 0 Å². The molecule has 2 N–H and O–H groups in total. The van der Waals surface area contributed by atoms with Gasteiger partial charge >= 0.3 is 0 Å². The van der Waals surface area contributed by atoms with Crippen LogP contribution >= 0.6 is 11.3 Å². The molecule has 0 saturated heterocycles. The number of para-hydroxylation sites is 1. The lowest BCUT2D eigenvalue weighted by atomic mass is 10.2. The van der Waals surface area contributed by atoms with Crippen molar-refractivity contribution in [3.05, 3.63) is 29.3 Å². The summed E-state index contributed by atoms with van der Waals surface area (Å²) >= 11 is 1.71. The van der Waals surface area contributed by atoms with E-state index >= 15 is 0 Å². The molecule has 22 heavy (non-hydrogen) atoms. The number of carbonyl (C=O) groups excluding carboxylic acids is 2. The molecule has 2 aromatic rings. The highest BCUT2D eigenvalue weighted by atomic mass is 32.1. The fraction of sp³-hybridized carbons (Fsp3) is 0.438. The summed E-state index contributed by atoms with van der Waals surface area (Å²) in [4.78, 5) is 26.9. The highest BCUT2D eigenvalue weighted by molar-refractivity contribution is 7.18. The van der Waals surface area contributed by atoms with Gasteiger partial charge in [0.2, 0.25) is 11.8 Å². The lowest BCUT2D eigenvalue weighted by Crippen LogP contribution is -2.27. The van der Waals surface area contributed by atoms with Crippen LogP contribution in [0.3, 0.4) is 0 Å². The van der Waals surface area contributed by atoms with E-state index in [0.29, 0.717) is 25.9 Å². The maximum Gasteiger partial charge on any atom is 0.220 e. The highest BCUT2D eigenvalue weighted by Crippen LogP contribution is 2.22. The van der Waals surface area contributed by atoms with E-state index in [-0.39, 0.29) is 11.8 Å². The van der Waals surface area contributed by atoms with Gasteiger partial charge in [-0.15, -0.1) is 11.3 Å². The second kappa shape index (κ2) is 8.48. The second-order valence-corrected chi connectivity index (χ2v) is 6.23. The molecule has 1 heterocycles. The Morgan fingerprint density at radius 2 is 1.91 bits per heavy atom. The van der Waals surface area contributed by atoms with Crippen molar-refractivity contribution in [3.8, 4) is 0 Å². The standard InChI is InChI=1S/C16H21N3O2S/c1-12(20)17-10-4-8-15(21)18-11-5-9-16-19-13-6-2-3-7-14(13)22-16/h2-3,6-7H,4-5,8-11H2,1H3,(H,17,20)(H,18,21). The number of carbonyl (C=O) groups is 2. The van der Waals surface area contributed by atoms with Gasteiger partial charge in [-0.05, 0) is 25.0 Å². The SMILES string of the molecule is CC(=O)NCCCC(=O)NCCCc1nc2ccccc2s1. The quantitative estimate of drug-likeness (QED) is 0.733. The van der Waals surface area contributed by atoms with E-state index in [1.165, 1.54) is 11.6 Å². The number of rotatable bonds is 8. The summed E-state index contributed by atoms with van der Waals surface area (Å²) in [6, 6.07) is 8.11. The Morgan fingerprint density at radius 1 is 1.14 bits per heavy atom. The van der Waals surface area contributed by atoms with Crippen molar-refractivity contribution in [2.75, 3.05) is 13.1 Å². The molecule has 0 aliphatic rings. The lowest BCUT2D eigenvalue weighted by molar-refractivity contribution is -0.122. The van der Waals surface area contributed by atoms with Gasteiger partial charge in [-0.2, -0.15) is 0 Å². The fourth-order valence-electron chi connectivity index (χ4n) is 2.10. The molecule has 1 aromatic carbocycles. The third-order valence-electron chi connectivity index (χ3n) is 3.18. The number of fused-ring (bicyclic) bond motifs is 1. The molecule has 0 fully saturated rings. The number of hydrogen-bond donors (Lipinski definition) is 2. The minimum Gasteiger partial charge on any atom is -0.356 e. The van der Waals surface area contributed by atoms with E-state index in [0.717, 1.165) is 23.4 Å². The van der Waals surface area contributed by atoms with E-state index < -0.39 is 0 Å². The van der Waals surface area contributed by atoms with E-state index in [9.17, 15) is 9.59 Å². The van der Waals surface area contributed by atoms with E-state index in [2.05, 4.69) is 21.7 Å². The van der Waals surface area contributed by atoms with Crippen molar-refractivity contribution >= 4 is 33.4 Å². The normalized spacial score (nSPS) is 10.6. The minimum absolute atomic E-state index is 0.0367. The van der Waals surface area contributed by atoms with Crippen LogP contribution in [0.5, 0.6) is 0 Å². The molecule has 0 aliphatic carbocycles. The number of benzene rings is 1. The van der Waals surface area contributed by atoms with Crippen LogP contribution in [0.25, 0.3) is 10.2 Å². The molecule has 6 heteroatoms. The molecule has 1 aromatic heterocycles. The summed E-state index contributed by atoms with van der Waals surface area (Å²) in [6.07, 6.45) is 2.88. The van der Waals surface area contributed by atoms with Crippen LogP contribution in [-0.4, -0.2) is 29.9 Å². The molecule has 0 atom stereocenters. The summed E-state index contributed by atoms with van der Waals surface area (Å²) in [7, 11) is 0. The summed E-state index contributed by atoms with van der Waals surface area (Å²) in [5.74, 6) is -0.0223. The molecule has 118 valence electrons. The van der Waals surface area contributed by atoms with E-state index in [1.807, 2.05) is 18.2 Å². The number of hydrogen-bond acceptors (Lipinski definition) is 4. The number of amides is 2. The number of aryl methyl sites for hydroxylation is 1. The predicted octanol–water partition coefficient (Wildman–Crippen LogP) is 2.26. The molecular formula is C16H21N3O2S. The van der Waals surface area contributed by atoms with E-state index in [1.54, 1.807) is 11.3 Å². The topological polar surface area (TPSA) is 71.1 Å². The van der Waals surface area contributed by atoms with Gasteiger partial charge in [0.15, 0.2) is 0 Å². The molecule has 0 saturated carbocycles. The van der Waals surface area contributed by atoms with Crippen molar-refractivity contribution in [2.24, 2.45) is 0 Å². The van der Waals surface area contributed by atoms with Gasteiger partial charge in [-0.1, -0.05) is 12.1 Å². The Labute approximate surface area is 134 Å². The van der Waals surface area contributed by atoms with Crippen LogP contribution in [0.4, 0.5) is 0 Å². The van der Waals surface area contributed by atoms with Crippen molar-refractivity contribution in [1.82, 2.24) is 15.6 Å². The van der Waals surface area contributed by atoms with Gasteiger partial charge in [-0.3, -0.25) is 9.59 Å². The first kappa shape index (κ1) is 16.4. The van der Waals surface area contributed by atoms with Crippen molar-refractivity contribution in [3.63, 3.8) is 0 Å². The van der Waals surface area contributed by atoms with Gasteiger partial charge < -0.3 is 10.6 Å². The molecular weight excluding hydrogens is 298 g/mol. The van der Waals surface area contributed by atoms with Gasteiger partial charge in [0.25, 0.3) is 0 Å². The number of nitrogens with one attached hydrogen (secondary N) is 2. The van der Waals surface area contributed by atoms with Crippen molar-refractivity contribution < 1.29 is 9.59 Å². The Morgan fingerprint density at radius 3 is 2.68 bits per heavy atom. The number of nitrogens with zero attached hydrogens (tertiary/aromatic N) is 1. The molecule has 0 bridgehead atoms.